The monoisotopic (exact) mass is 378 g/mol. The van der Waals surface area contributed by atoms with E-state index in [1.807, 2.05) is 30.3 Å². The Labute approximate surface area is 165 Å². The molecule has 0 aliphatic heterocycles. The van der Waals surface area contributed by atoms with Gasteiger partial charge in [0.05, 0.1) is 13.3 Å². The number of rotatable bonds is 8. The van der Waals surface area contributed by atoms with Crippen LogP contribution >= 0.6 is 0 Å². The van der Waals surface area contributed by atoms with Gasteiger partial charge < -0.3 is 14.5 Å². The molecule has 146 valence electrons. The van der Waals surface area contributed by atoms with E-state index >= 15 is 0 Å². The molecule has 0 aliphatic rings. The van der Waals surface area contributed by atoms with Gasteiger partial charge in [0.2, 0.25) is 5.91 Å². The van der Waals surface area contributed by atoms with E-state index in [0.717, 1.165) is 41.0 Å². The van der Waals surface area contributed by atoms with Gasteiger partial charge >= 0.3 is 0 Å². The maximum absolute atomic E-state index is 12.5. The highest BCUT2D eigenvalue weighted by Gasteiger charge is 2.12. The molecule has 0 unspecified atom stereocenters. The molecule has 5 heteroatoms. The largest absolute Gasteiger partial charge is 0.497 e. The minimum Gasteiger partial charge on any atom is -0.497 e. The molecule has 0 atom stereocenters. The zero-order valence-corrected chi connectivity index (χ0v) is 16.6. The van der Waals surface area contributed by atoms with E-state index in [2.05, 4.69) is 36.3 Å². The highest BCUT2D eigenvalue weighted by atomic mass is 16.5. The number of oxazole rings is 1. The van der Waals surface area contributed by atoms with Gasteiger partial charge in [-0.1, -0.05) is 32.0 Å². The Balaban J connectivity index is 1.62. The number of methoxy groups -OCH3 is 1. The van der Waals surface area contributed by atoms with Crippen molar-refractivity contribution in [3.05, 3.63) is 65.7 Å². The molecule has 0 aliphatic carbocycles. The number of hydrogen-bond donors (Lipinski definition) is 1. The highest BCUT2D eigenvalue weighted by molar-refractivity contribution is 5.92. The summed E-state index contributed by atoms with van der Waals surface area (Å²) >= 11 is 0. The number of carbonyl (C=O) groups is 1. The van der Waals surface area contributed by atoms with E-state index in [9.17, 15) is 4.79 Å². The molecule has 28 heavy (non-hydrogen) atoms. The van der Waals surface area contributed by atoms with Gasteiger partial charge in [0.15, 0.2) is 11.7 Å². The maximum atomic E-state index is 12.5. The highest BCUT2D eigenvalue weighted by Crippen LogP contribution is 2.25. The molecular formula is C23H26N2O3. The van der Waals surface area contributed by atoms with Gasteiger partial charge in [-0.25, -0.2) is 4.98 Å². The molecule has 1 N–H and O–H groups in total. The first-order chi connectivity index (χ1) is 13.6. The number of para-hydroxylation sites is 1. The van der Waals surface area contributed by atoms with Crippen molar-refractivity contribution in [2.45, 2.75) is 39.5 Å². The fourth-order valence-electron chi connectivity index (χ4n) is 3.14. The van der Waals surface area contributed by atoms with Crippen molar-refractivity contribution in [3.8, 4) is 17.1 Å². The standard InChI is InChI=1S/C23H26N2O3/c1-4-16-7-6-8-17(5-2)23(16)25-21(26)13-14-22-24-15-20(28-22)18-9-11-19(27-3)12-10-18/h6-12,15H,4-5,13-14H2,1-3H3,(H,25,26). The number of nitrogens with one attached hydrogen (secondary N) is 1. The Morgan fingerprint density at radius 1 is 1.07 bits per heavy atom. The second-order valence-electron chi connectivity index (χ2n) is 6.55. The van der Waals surface area contributed by atoms with E-state index in [0.29, 0.717) is 24.5 Å². The summed E-state index contributed by atoms with van der Waals surface area (Å²) in [5.41, 5.74) is 4.19. The Morgan fingerprint density at radius 3 is 2.36 bits per heavy atom. The average Bonchev–Trinajstić information content (AvgIpc) is 3.21. The minimum absolute atomic E-state index is 0.0280. The van der Waals surface area contributed by atoms with Crippen LogP contribution in [0.5, 0.6) is 5.75 Å². The fraction of sp³-hybridized carbons (Fsp3) is 0.304. The molecule has 1 heterocycles. The van der Waals surface area contributed by atoms with Crippen molar-refractivity contribution in [3.63, 3.8) is 0 Å². The summed E-state index contributed by atoms with van der Waals surface area (Å²) in [4.78, 5) is 16.8. The molecule has 0 saturated heterocycles. The lowest BCUT2D eigenvalue weighted by molar-refractivity contribution is -0.116. The molecule has 0 bridgehead atoms. The van der Waals surface area contributed by atoms with Crippen LogP contribution in [-0.2, 0) is 24.1 Å². The molecule has 3 aromatic rings. The minimum atomic E-state index is -0.0280. The zero-order valence-electron chi connectivity index (χ0n) is 16.6. The van der Waals surface area contributed by atoms with Crippen molar-refractivity contribution < 1.29 is 13.9 Å². The first kappa shape index (κ1) is 19.7. The smallest absolute Gasteiger partial charge is 0.224 e. The molecular weight excluding hydrogens is 352 g/mol. The van der Waals surface area contributed by atoms with Gasteiger partial charge in [-0.15, -0.1) is 0 Å². The summed E-state index contributed by atoms with van der Waals surface area (Å²) in [5, 5.41) is 3.08. The molecule has 0 radical (unpaired) electrons. The van der Waals surface area contributed by atoms with Crippen LogP contribution < -0.4 is 10.1 Å². The van der Waals surface area contributed by atoms with Gasteiger partial charge in [-0.05, 0) is 48.2 Å². The first-order valence-electron chi connectivity index (χ1n) is 9.64. The molecule has 0 fully saturated rings. The molecule has 2 aromatic carbocycles. The van der Waals surface area contributed by atoms with Crippen LogP contribution in [0.3, 0.4) is 0 Å². The van der Waals surface area contributed by atoms with Crippen molar-refractivity contribution in [2.75, 3.05) is 12.4 Å². The lowest BCUT2D eigenvalue weighted by Gasteiger charge is -2.14. The van der Waals surface area contributed by atoms with Crippen LogP contribution in [0.25, 0.3) is 11.3 Å². The SMILES string of the molecule is CCc1cccc(CC)c1NC(=O)CCc1ncc(-c2ccc(OC)cc2)o1. The van der Waals surface area contributed by atoms with E-state index in [1.165, 1.54) is 0 Å². The Bertz CT molecular complexity index is 907. The first-order valence-corrected chi connectivity index (χ1v) is 9.64. The summed E-state index contributed by atoms with van der Waals surface area (Å²) in [5.74, 6) is 2.00. The predicted octanol–water partition coefficient (Wildman–Crippen LogP) is 5.05. The topological polar surface area (TPSA) is 64.4 Å². The third-order valence-corrected chi connectivity index (χ3v) is 4.76. The van der Waals surface area contributed by atoms with Crippen LogP contribution in [0, 0.1) is 0 Å². The summed E-state index contributed by atoms with van der Waals surface area (Å²) in [6.45, 7) is 4.19. The molecule has 1 amide bonds. The lowest BCUT2D eigenvalue weighted by Crippen LogP contribution is -2.15. The number of aromatic nitrogens is 1. The van der Waals surface area contributed by atoms with E-state index in [1.54, 1.807) is 13.3 Å². The predicted molar refractivity (Wildman–Crippen MR) is 111 cm³/mol. The van der Waals surface area contributed by atoms with Gasteiger partial charge in [-0.3, -0.25) is 4.79 Å². The number of benzene rings is 2. The number of ether oxygens (including phenoxy) is 1. The summed E-state index contributed by atoms with van der Waals surface area (Å²) in [6, 6.07) is 13.8. The maximum Gasteiger partial charge on any atom is 0.224 e. The molecule has 5 nitrogen and oxygen atoms in total. The number of anilines is 1. The van der Waals surface area contributed by atoms with E-state index in [-0.39, 0.29) is 5.91 Å². The lowest BCUT2D eigenvalue weighted by atomic mass is 10.0. The van der Waals surface area contributed by atoms with Crippen molar-refractivity contribution >= 4 is 11.6 Å². The molecule has 1 aromatic heterocycles. The van der Waals surface area contributed by atoms with Gasteiger partial charge in [0, 0.05) is 24.1 Å². The number of nitrogens with zero attached hydrogens (tertiary/aromatic N) is 1. The molecule has 3 rings (SSSR count). The van der Waals surface area contributed by atoms with Crippen LogP contribution in [0.1, 0.15) is 37.3 Å². The van der Waals surface area contributed by atoms with Crippen LogP contribution in [0.2, 0.25) is 0 Å². The third-order valence-electron chi connectivity index (χ3n) is 4.76. The summed E-state index contributed by atoms with van der Waals surface area (Å²) < 4.78 is 11.0. The second-order valence-corrected chi connectivity index (χ2v) is 6.55. The summed E-state index contributed by atoms with van der Waals surface area (Å²) in [7, 11) is 1.63. The Morgan fingerprint density at radius 2 is 1.75 bits per heavy atom. The van der Waals surface area contributed by atoms with Crippen LogP contribution in [0.4, 0.5) is 5.69 Å². The molecule has 0 saturated carbocycles. The van der Waals surface area contributed by atoms with Crippen molar-refractivity contribution in [1.29, 1.82) is 0 Å². The van der Waals surface area contributed by atoms with E-state index < -0.39 is 0 Å². The quantitative estimate of drug-likeness (QED) is 0.596. The van der Waals surface area contributed by atoms with Crippen molar-refractivity contribution in [1.82, 2.24) is 4.98 Å². The number of aryl methyl sites for hydroxylation is 3. The summed E-state index contributed by atoms with van der Waals surface area (Å²) in [6.07, 6.45) is 4.24. The average molecular weight is 378 g/mol. The van der Waals surface area contributed by atoms with E-state index in [4.69, 9.17) is 9.15 Å². The van der Waals surface area contributed by atoms with Crippen LogP contribution in [0.15, 0.2) is 53.1 Å². The number of carbonyl (C=O) groups excluding carboxylic acids is 1. The van der Waals surface area contributed by atoms with Gasteiger partial charge in [0.1, 0.15) is 5.75 Å². The van der Waals surface area contributed by atoms with Crippen molar-refractivity contribution in [2.24, 2.45) is 0 Å². The van der Waals surface area contributed by atoms with Gasteiger partial charge in [-0.2, -0.15) is 0 Å². The Kier molecular flexibility index (Phi) is 6.48. The zero-order chi connectivity index (χ0) is 19.9. The third kappa shape index (κ3) is 4.60. The second kappa shape index (κ2) is 9.22. The van der Waals surface area contributed by atoms with Gasteiger partial charge in [0.25, 0.3) is 0 Å². The molecule has 0 spiro atoms. The Hall–Kier alpha value is -3.08. The normalized spacial score (nSPS) is 10.7. The fourth-order valence-corrected chi connectivity index (χ4v) is 3.14. The van der Waals surface area contributed by atoms with Crippen LogP contribution in [-0.4, -0.2) is 18.0 Å². The number of amides is 1. The number of hydrogen-bond acceptors (Lipinski definition) is 4.